The van der Waals surface area contributed by atoms with E-state index >= 15 is 0 Å². The molecule has 0 saturated heterocycles. The van der Waals surface area contributed by atoms with Crippen LogP contribution in [0.25, 0.3) is 10.9 Å². The molecule has 2 aromatic heterocycles. The summed E-state index contributed by atoms with van der Waals surface area (Å²) in [5.74, 6) is -0.753. The minimum Gasteiger partial charge on any atom is -0.494 e. The van der Waals surface area contributed by atoms with Crippen molar-refractivity contribution in [2.75, 3.05) is 0 Å². The monoisotopic (exact) mass is 395 g/mol. The Labute approximate surface area is 165 Å². The van der Waals surface area contributed by atoms with Crippen LogP contribution in [0.5, 0.6) is 5.88 Å². The van der Waals surface area contributed by atoms with E-state index in [0.29, 0.717) is 0 Å². The number of hydrogen-bond donors (Lipinski definition) is 2. The normalized spacial score (nSPS) is 16.4. The number of aromatic hydroxyl groups is 1. The predicted octanol–water partition coefficient (Wildman–Crippen LogP) is 1.45. The maximum atomic E-state index is 12.4. The van der Waals surface area contributed by atoms with E-state index in [9.17, 15) is 19.5 Å². The van der Waals surface area contributed by atoms with Crippen LogP contribution in [0.15, 0.2) is 45.2 Å². The average molecular weight is 395 g/mol. The molecule has 1 amide bonds. The summed E-state index contributed by atoms with van der Waals surface area (Å²) in [6.07, 6.45) is 2.24. The smallest absolute Gasteiger partial charge is 0.330 e. The van der Waals surface area contributed by atoms with Crippen LogP contribution in [-0.2, 0) is 18.4 Å². The summed E-state index contributed by atoms with van der Waals surface area (Å²) in [7, 11) is 1.35. The third-order valence-electron chi connectivity index (χ3n) is 5.33. The zero-order valence-corrected chi connectivity index (χ0v) is 16.3. The average Bonchev–Trinajstić information content (AvgIpc) is 3.28. The maximum absolute atomic E-state index is 12.4. The van der Waals surface area contributed by atoms with Crippen molar-refractivity contribution in [3.63, 3.8) is 0 Å². The maximum Gasteiger partial charge on any atom is 0.330 e. The van der Waals surface area contributed by atoms with Gasteiger partial charge in [0.25, 0.3) is 5.56 Å². The van der Waals surface area contributed by atoms with Crippen LogP contribution in [0.2, 0.25) is 0 Å². The number of aromatic nitrogens is 3. The number of aryl methyl sites for hydroxylation is 1. The number of hydrazone groups is 1. The van der Waals surface area contributed by atoms with Crippen LogP contribution in [0.1, 0.15) is 37.4 Å². The van der Waals surface area contributed by atoms with Crippen LogP contribution in [0.3, 0.4) is 0 Å². The van der Waals surface area contributed by atoms with Gasteiger partial charge in [0, 0.05) is 49.6 Å². The highest BCUT2D eigenvalue weighted by Crippen LogP contribution is 2.37. The van der Waals surface area contributed by atoms with Crippen molar-refractivity contribution in [1.29, 1.82) is 0 Å². The topological polar surface area (TPSA) is 113 Å². The SMILES string of the molecule is CCn1cc([C@@H]2CC(c3c(O)n(C)c(=O)[nH]c3=O)=NN2C(C)=O)c2ccccc21. The van der Waals surface area contributed by atoms with E-state index in [1.807, 2.05) is 37.4 Å². The summed E-state index contributed by atoms with van der Waals surface area (Å²) in [5.41, 5.74) is 0.667. The highest BCUT2D eigenvalue weighted by atomic mass is 16.3. The number of rotatable bonds is 3. The minimum atomic E-state index is -0.732. The summed E-state index contributed by atoms with van der Waals surface area (Å²) >= 11 is 0. The summed E-state index contributed by atoms with van der Waals surface area (Å²) in [6, 6.07) is 7.48. The van der Waals surface area contributed by atoms with Gasteiger partial charge in [-0.05, 0) is 13.0 Å². The molecule has 3 aromatic rings. The Kier molecular flexibility index (Phi) is 4.37. The summed E-state index contributed by atoms with van der Waals surface area (Å²) in [5, 5.41) is 17.1. The van der Waals surface area contributed by atoms with Gasteiger partial charge in [-0.3, -0.25) is 19.1 Å². The first-order valence-corrected chi connectivity index (χ1v) is 9.31. The fraction of sp³-hybridized carbons (Fsp3) is 0.300. The molecule has 2 N–H and O–H groups in total. The first-order valence-electron chi connectivity index (χ1n) is 9.31. The zero-order valence-electron chi connectivity index (χ0n) is 16.3. The lowest BCUT2D eigenvalue weighted by Gasteiger charge is -2.19. The highest BCUT2D eigenvalue weighted by Gasteiger charge is 2.35. The Morgan fingerprint density at radius 2 is 2.03 bits per heavy atom. The van der Waals surface area contributed by atoms with Crippen LogP contribution in [0, 0.1) is 0 Å². The van der Waals surface area contributed by atoms with E-state index in [1.165, 1.54) is 19.0 Å². The Morgan fingerprint density at radius 3 is 2.72 bits per heavy atom. The van der Waals surface area contributed by atoms with Gasteiger partial charge in [0.1, 0.15) is 5.56 Å². The molecule has 9 nitrogen and oxygen atoms in total. The Hall–Kier alpha value is -3.62. The molecule has 150 valence electrons. The number of carbonyl (C=O) groups is 1. The molecule has 1 aromatic carbocycles. The number of H-pyrrole nitrogens is 1. The summed E-state index contributed by atoms with van der Waals surface area (Å²) < 4.78 is 3.03. The molecule has 3 heterocycles. The molecular formula is C20H21N5O4. The van der Waals surface area contributed by atoms with Gasteiger partial charge in [0.15, 0.2) is 0 Å². The van der Waals surface area contributed by atoms with E-state index in [0.717, 1.165) is 27.6 Å². The largest absolute Gasteiger partial charge is 0.494 e. The third kappa shape index (κ3) is 2.86. The predicted molar refractivity (Wildman–Crippen MR) is 108 cm³/mol. The molecule has 29 heavy (non-hydrogen) atoms. The van der Waals surface area contributed by atoms with Crippen LogP contribution in [0.4, 0.5) is 0 Å². The lowest BCUT2D eigenvalue weighted by Crippen LogP contribution is -2.32. The number of para-hydroxylation sites is 1. The number of fused-ring (bicyclic) bond motifs is 1. The first-order chi connectivity index (χ1) is 13.8. The fourth-order valence-corrected chi connectivity index (χ4v) is 3.87. The number of carbonyl (C=O) groups excluding carboxylic acids is 1. The van der Waals surface area contributed by atoms with Gasteiger partial charge in [-0.2, -0.15) is 5.10 Å². The van der Waals surface area contributed by atoms with Crippen molar-refractivity contribution in [2.45, 2.75) is 32.9 Å². The second-order valence-corrected chi connectivity index (χ2v) is 7.03. The number of aromatic amines is 1. The molecule has 0 radical (unpaired) electrons. The van der Waals surface area contributed by atoms with E-state index in [-0.39, 0.29) is 23.6 Å². The van der Waals surface area contributed by atoms with E-state index < -0.39 is 23.2 Å². The quantitative estimate of drug-likeness (QED) is 0.699. The standard InChI is InChI=1S/C20H21N5O4/c1-4-24-10-13(12-7-5-6-8-15(12)24)16-9-14(22-25(16)11(2)26)17-18(27)21-20(29)23(3)19(17)28/h5-8,10,16,28H,4,9H2,1-3H3,(H,21,27,29)/t16-/m0/s1. The minimum absolute atomic E-state index is 0.0971. The number of nitrogens with zero attached hydrogens (tertiary/aromatic N) is 4. The molecular weight excluding hydrogens is 374 g/mol. The second kappa shape index (κ2) is 6.77. The van der Waals surface area contributed by atoms with Gasteiger partial charge in [-0.25, -0.2) is 9.80 Å². The molecule has 0 saturated carbocycles. The summed E-state index contributed by atoms with van der Waals surface area (Å²) in [4.78, 5) is 38.6. The van der Waals surface area contributed by atoms with Gasteiger partial charge in [0.2, 0.25) is 11.8 Å². The molecule has 1 atom stereocenters. The molecule has 4 rings (SSSR count). The van der Waals surface area contributed by atoms with Crippen molar-refractivity contribution in [1.82, 2.24) is 19.1 Å². The third-order valence-corrected chi connectivity index (χ3v) is 5.33. The van der Waals surface area contributed by atoms with Gasteiger partial charge in [-0.1, -0.05) is 18.2 Å². The Balaban J connectivity index is 1.86. The van der Waals surface area contributed by atoms with Crippen LogP contribution < -0.4 is 11.2 Å². The first kappa shape index (κ1) is 18.7. The van der Waals surface area contributed by atoms with E-state index in [2.05, 4.69) is 14.7 Å². The Bertz CT molecular complexity index is 1280. The number of amides is 1. The van der Waals surface area contributed by atoms with Crippen molar-refractivity contribution >= 4 is 22.5 Å². The number of hydrogen-bond acceptors (Lipinski definition) is 5. The number of benzene rings is 1. The lowest BCUT2D eigenvalue weighted by atomic mass is 9.98. The van der Waals surface area contributed by atoms with Gasteiger partial charge in [0.05, 0.1) is 11.8 Å². The van der Waals surface area contributed by atoms with Gasteiger partial charge >= 0.3 is 5.69 Å². The number of nitrogens with one attached hydrogen (secondary N) is 1. The van der Waals surface area contributed by atoms with Crippen molar-refractivity contribution in [2.24, 2.45) is 12.1 Å². The summed E-state index contributed by atoms with van der Waals surface area (Å²) in [6.45, 7) is 4.21. The highest BCUT2D eigenvalue weighted by molar-refractivity contribution is 6.04. The zero-order chi connectivity index (χ0) is 20.9. The van der Waals surface area contributed by atoms with E-state index in [4.69, 9.17) is 0 Å². The van der Waals surface area contributed by atoms with Gasteiger partial charge < -0.3 is 9.67 Å². The molecule has 0 bridgehead atoms. The fourth-order valence-electron chi connectivity index (χ4n) is 3.87. The Morgan fingerprint density at radius 1 is 1.31 bits per heavy atom. The van der Waals surface area contributed by atoms with E-state index in [1.54, 1.807) is 0 Å². The molecule has 9 heteroatoms. The van der Waals surface area contributed by atoms with Gasteiger partial charge in [-0.15, -0.1) is 0 Å². The van der Waals surface area contributed by atoms with Crippen molar-refractivity contribution < 1.29 is 9.90 Å². The van der Waals surface area contributed by atoms with Crippen LogP contribution in [-0.4, -0.2) is 35.9 Å². The molecule has 0 unspecified atom stereocenters. The second-order valence-electron chi connectivity index (χ2n) is 7.03. The molecule has 0 fully saturated rings. The molecule has 0 aliphatic carbocycles. The lowest BCUT2D eigenvalue weighted by molar-refractivity contribution is -0.130. The van der Waals surface area contributed by atoms with Crippen LogP contribution >= 0.6 is 0 Å². The molecule has 0 spiro atoms. The van der Waals surface area contributed by atoms with Crippen molar-refractivity contribution in [3.8, 4) is 5.88 Å². The molecule has 1 aliphatic rings. The van der Waals surface area contributed by atoms with Crippen molar-refractivity contribution in [3.05, 3.63) is 62.4 Å². The molecule has 1 aliphatic heterocycles.